The van der Waals surface area contributed by atoms with E-state index in [9.17, 15) is 14.7 Å². The van der Waals surface area contributed by atoms with Gasteiger partial charge in [0.05, 0.1) is 0 Å². The van der Waals surface area contributed by atoms with Crippen molar-refractivity contribution in [3.05, 3.63) is 29.3 Å². The summed E-state index contributed by atoms with van der Waals surface area (Å²) in [7, 11) is 0. The molecular weight excluding hydrogens is 292 g/mol. The van der Waals surface area contributed by atoms with Crippen LogP contribution in [0.3, 0.4) is 0 Å². The lowest BCUT2D eigenvalue weighted by Gasteiger charge is -2.30. The molecule has 0 radical (unpaired) electrons. The van der Waals surface area contributed by atoms with Gasteiger partial charge >= 0.3 is 11.8 Å². The third kappa shape index (κ3) is 3.11. The van der Waals surface area contributed by atoms with Gasteiger partial charge in [-0.3, -0.25) is 9.59 Å². The second kappa shape index (κ2) is 6.32. The summed E-state index contributed by atoms with van der Waals surface area (Å²) in [6.07, 6.45) is 3.25. The number of hydrogen-bond donors (Lipinski definition) is 3. The number of anilines is 1. The van der Waals surface area contributed by atoms with Crippen molar-refractivity contribution in [1.29, 1.82) is 0 Å². The van der Waals surface area contributed by atoms with E-state index in [1.807, 2.05) is 32.0 Å². The molecule has 2 fully saturated rings. The van der Waals surface area contributed by atoms with Gasteiger partial charge in [0.2, 0.25) is 0 Å². The van der Waals surface area contributed by atoms with Crippen LogP contribution in [0.1, 0.15) is 30.4 Å². The van der Waals surface area contributed by atoms with Crippen molar-refractivity contribution in [1.82, 2.24) is 5.32 Å². The second-order valence-electron chi connectivity index (χ2n) is 6.95. The molecule has 1 aromatic carbocycles. The molecule has 0 unspecified atom stereocenters. The molecular formula is C18H24N2O3. The zero-order valence-electron chi connectivity index (χ0n) is 13.6. The first-order valence-corrected chi connectivity index (χ1v) is 8.29. The van der Waals surface area contributed by atoms with Crippen molar-refractivity contribution in [2.45, 2.75) is 39.2 Å². The van der Waals surface area contributed by atoms with Gasteiger partial charge in [-0.25, -0.2) is 0 Å². The summed E-state index contributed by atoms with van der Waals surface area (Å²) >= 11 is 0. The molecule has 23 heavy (non-hydrogen) atoms. The van der Waals surface area contributed by atoms with E-state index in [1.54, 1.807) is 0 Å². The average Bonchev–Trinajstić information content (AvgIpc) is 3.11. The number of aliphatic hydroxyl groups excluding tert-OH is 1. The van der Waals surface area contributed by atoms with Crippen LogP contribution in [0.25, 0.3) is 0 Å². The van der Waals surface area contributed by atoms with E-state index in [0.717, 1.165) is 30.4 Å². The third-order valence-electron chi connectivity index (χ3n) is 5.44. The average molecular weight is 316 g/mol. The summed E-state index contributed by atoms with van der Waals surface area (Å²) in [5.41, 5.74) is 2.61. The van der Waals surface area contributed by atoms with Gasteiger partial charge in [-0.2, -0.15) is 0 Å². The highest BCUT2D eigenvalue weighted by molar-refractivity contribution is 6.39. The quantitative estimate of drug-likeness (QED) is 0.744. The first-order valence-electron chi connectivity index (χ1n) is 8.29. The Labute approximate surface area is 136 Å². The number of rotatable bonds is 3. The fourth-order valence-electron chi connectivity index (χ4n) is 4.16. The lowest BCUT2D eigenvalue weighted by molar-refractivity contribution is -0.137. The number of hydrogen-bond acceptors (Lipinski definition) is 3. The fourth-order valence-corrected chi connectivity index (χ4v) is 4.16. The number of aryl methyl sites for hydroxylation is 2. The monoisotopic (exact) mass is 316 g/mol. The molecule has 3 rings (SSSR count). The zero-order valence-corrected chi connectivity index (χ0v) is 13.6. The summed E-state index contributed by atoms with van der Waals surface area (Å²) in [4.78, 5) is 24.4. The Bertz CT molecular complexity index is 629. The molecule has 2 bridgehead atoms. The van der Waals surface area contributed by atoms with Crippen LogP contribution in [0.15, 0.2) is 18.2 Å². The Kier molecular flexibility index (Phi) is 4.39. The number of amides is 2. The van der Waals surface area contributed by atoms with Gasteiger partial charge in [-0.05, 0) is 62.1 Å². The number of fused-ring (bicyclic) bond motifs is 2. The summed E-state index contributed by atoms with van der Waals surface area (Å²) in [6.45, 7) is 3.91. The molecule has 2 amide bonds. The smallest absolute Gasteiger partial charge is 0.313 e. The SMILES string of the molecule is Cc1ccc(C)c(NC(=O)C(=O)N[C@@H]2[C@H]3CC[C@@H](C3)[C@@H]2CO)c1. The predicted octanol–water partition coefficient (Wildman–Crippen LogP) is 1.77. The molecule has 2 aliphatic rings. The van der Waals surface area contributed by atoms with Gasteiger partial charge in [-0.15, -0.1) is 0 Å². The van der Waals surface area contributed by atoms with E-state index in [2.05, 4.69) is 10.6 Å². The van der Waals surface area contributed by atoms with Crippen LogP contribution in [0.5, 0.6) is 0 Å². The van der Waals surface area contributed by atoms with Crippen molar-refractivity contribution in [3.8, 4) is 0 Å². The molecule has 2 aliphatic carbocycles. The van der Waals surface area contributed by atoms with Crippen LogP contribution in [0.2, 0.25) is 0 Å². The highest BCUT2D eigenvalue weighted by Gasteiger charge is 2.48. The van der Waals surface area contributed by atoms with E-state index in [4.69, 9.17) is 0 Å². The summed E-state index contributed by atoms with van der Waals surface area (Å²) in [5, 5.41) is 15.1. The molecule has 0 aliphatic heterocycles. The minimum atomic E-state index is -0.641. The molecule has 5 nitrogen and oxygen atoms in total. The van der Waals surface area contributed by atoms with Crippen molar-refractivity contribution in [3.63, 3.8) is 0 Å². The van der Waals surface area contributed by atoms with E-state index in [0.29, 0.717) is 17.5 Å². The van der Waals surface area contributed by atoms with Crippen LogP contribution in [-0.4, -0.2) is 29.6 Å². The van der Waals surface area contributed by atoms with Crippen molar-refractivity contribution in [2.75, 3.05) is 11.9 Å². The first kappa shape index (κ1) is 16.0. The van der Waals surface area contributed by atoms with Crippen LogP contribution in [0, 0.1) is 31.6 Å². The standard InChI is InChI=1S/C18H24N2O3/c1-10-3-4-11(2)15(7-10)19-17(22)18(23)20-16-13-6-5-12(8-13)14(16)9-21/h3-4,7,12-14,16,21H,5-6,8-9H2,1-2H3,(H,19,22)(H,20,23)/t12-,13-,14-,16+/m0/s1. The van der Waals surface area contributed by atoms with Gasteiger partial charge in [0.1, 0.15) is 0 Å². The van der Waals surface area contributed by atoms with Crippen molar-refractivity contribution >= 4 is 17.5 Å². The maximum absolute atomic E-state index is 12.2. The lowest BCUT2D eigenvalue weighted by Crippen LogP contribution is -2.48. The Balaban J connectivity index is 1.64. The highest BCUT2D eigenvalue weighted by atomic mass is 16.3. The van der Waals surface area contributed by atoms with Crippen LogP contribution in [0.4, 0.5) is 5.69 Å². The van der Waals surface area contributed by atoms with Crippen LogP contribution >= 0.6 is 0 Å². The third-order valence-corrected chi connectivity index (χ3v) is 5.44. The Morgan fingerprint density at radius 1 is 1.17 bits per heavy atom. The van der Waals surface area contributed by atoms with Crippen molar-refractivity contribution < 1.29 is 14.7 Å². The summed E-state index contributed by atoms with van der Waals surface area (Å²) in [5.74, 6) is -0.279. The largest absolute Gasteiger partial charge is 0.396 e. The van der Waals surface area contributed by atoms with Gasteiger partial charge < -0.3 is 15.7 Å². The normalized spacial score (nSPS) is 28.7. The van der Waals surface area contributed by atoms with Gasteiger partial charge in [0, 0.05) is 24.3 Å². The maximum Gasteiger partial charge on any atom is 0.313 e. The molecule has 4 atom stereocenters. The highest BCUT2D eigenvalue weighted by Crippen LogP contribution is 2.48. The second-order valence-corrected chi connectivity index (χ2v) is 6.95. The van der Waals surface area contributed by atoms with Crippen LogP contribution < -0.4 is 10.6 Å². The van der Waals surface area contributed by atoms with Crippen LogP contribution in [-0.2, 0) is 9.59 Å². The predicted molar refractivity (Wildman–Crippen MR) is 87.9 cm³/mol. The van der Waals surface area contributed by atoms with E-state index >= 15 is 0 Å². The zero-order chi connectivity index (χ0) is 16.6. The summed E-state index contributed by atoms with van der Waals surface area (Å²) in [6, 6.07) is 5.66. The number of carbonyl (C=O) groups excluding carboxylic acids is 2. The van der Waals surface area contributed by atoms with E-state index in [-0.39, 0.29) is 18.6 Å². The molecule has 0 heterocycles. The molecule has 124 valence electrons. The number of nitrogens with one attached hydrogen (secondary N) is 2. The topological polar surface area (TPSA) is 78.4 Å². The molecule has 0 spiro atoms. The van der Waals surface area contributed by atoms with Gasteiger partial charge in [0.15, 0.2) is 0 Å². The number of aliphatic hydroxyl groups is 1. The number of carbonyl (C=O) groups is 2. The van der Waals surface area contributed by atoms with Crippen molar-refractivity contribution in [2.24, 2.45) is 17.8 Å². The first-order chi connectivity index (χ1) is 11.0. The molecule has 3 N–H and O–H groups in total. The molecule has 5 heteroatoms. The minimum absolute atomic E-state index is 0.0735. The maximum atomic E-state index is 12.2. The molecule has 1 aromatic rings. The molecule has 0 aromatic heterocycles. The summed E-state index contributed by atoms with van der Waals surface area (Å²) < 4.78 is 0. The van der Waals surface area contributed by atoms with Gasteiger partial charge in [-0.1, -0.05) is 12.1 Å². The number of benzene rings is 1. The minimum Gasteiger partial charge on any atom is -0.396 e. The fraction of sp³-hybridized carbons (Fsp3) is 0.556. The van der Waals surface area contributed by atoms with E-state index in [1.165, 1.54) is 0 Å². The van der Waals surface area contributed by atoms with Gasteiger partial charge in [0.25, 0.3) is 0 Å². The Hall–Kier alpha value is -1.88. The Morgan fingerprint density at radius 3 is 2.65 bits per heavy atom. The van der Waals surface area contributed by atoms with E-state index < -0.39 is 11.8 Å². The molecule has 2 saturated carbocycles. The molecule has 0 saturated heterocycles. The Morgan fingerprint density at radius 2 is 1.91 bits per heavy atom. The lowest BCUT2D eigenvalue weighted by atomic mass is 9.85.